The maximum Gasteiger partial charge on any atom is 0.251 e. The van der Waals surface area contributed by atoms with Crippen molar-refractivity contribution in [1.82, 2.24) is 10.6 Å². The topological polar surface area (TPSA) is 41.1 Å². The summed E-state index contributed by atoms with van der Waals surface area (Å²) < 4.78 is 0.951. The molecule has 98 valence electrons. The molecule has 1 aromatic rings. The number of carbonyl (C=O) groups is 1. The van der Waals surface area contributed by atoms with E-state index < -0.39 is 0 Å². The van der Waals surface area contributed by atoms with E-state index in [-0.39, 0.29) is 5.91 Å². The van der Waals surface area contributed by atoms with Crippen molar-refractivity contribution >= 4 is 21.8 Å². The number of benzene rings is 1. The third-order valence-corrected chi connectivity index (χ3v) is 3.71. The van der Waals surface area contributed by atoms with Crippen LogP contribution in [0.25, 0.3) is 0 Å². The van der Waals surface area contributed by atoms with Crippen LogP contribution in [-0.4, -0.2) is 25.5 Å². The highest BCUT2D eigenvalue weighted by Crippen LogP contribution is 2.15. The molecule has 3 nitrogen and oxygen atoms in total. The molecular weight excluding hydrogens is 292 g/mol. The van der Waals surface area contributed by atoms with Crippen LogP contribution in [0.4, 0.5) is 0 Å². The molecule has 1 heterocycles. The lowest BCUT2D eigenvalue weighted by molar-refractivity contribution is 0.0944. The van der Waals surface area contributed by atoms with Crippen LogP contribution in [0, 0.1) is 12.8 Å². The fraction of sp³-hybridized carbons (Fsp3) is 0.500. The van der Waals surface area contributed by atoms with Gasteiger partial charge in [0.05, 0.1) is 0 Å². The minimum atomic E-state index is 0.0185. The Labute approximate surface area is 116 Å². The van der Waals surface area contributed by atoms with Crippen LogP contribution in [-0.2, 0) is 0 Å². The van der Waals surface area contributed by atoms with Crippen LogP contribution in [0.15, 0.2) is 22.7 Å². The smallest absolute Gasteiger partial charge is 0.251 e. The average molecular weight is 311 g/mol. The maximum absolute atomic E-state index is 12.0. The summed E-state index contributed by atoms with van der Waals surface area (Å²) >= 11 is 3.42. The average Bonchev–Trinajstić information content (AvgIpc) is 2.36. The highest BCUT2D eigenvalue weighted by atomic mass is 79.9. The van der Waals surface area contributed by atoms with Crippen molar-refractivity contribution in [3.63, 3.8) is 0 Å². The lowest BCUT2D eigenvalue weighted by Crippen LogP contribution is -2.38. The molecule has 0 spiro atoms. The molecule has 0 saturated carbocycles. The molecule has 1 aliphatic rings. The number of halogens is 1. The second-order valence-electron chi connectivity index (χ2n) is 4.94. The second-order valence-corrected chi connectivity index (χ2v) is 5.86. The Balaban J connectivity index is 1.90. The van der Waals surface area contributed by atoms with Crippen molar-refractivity contribution in [1.29, 1.82) is 0 Å². The molecule has 1 aliphatic heterocycles. The summed E-state index contributed by atoms with van der Waals surface area (Å²) in [6.45, 7) is 4.87. The van der Waals surface area contributed by atoms with Gasteiger partial charge in [-0.25, -0.2) is 0 Å². The van der Waals surface area contributed by atoms with Gasteiger partial charge in [-0.2, -0.15) is 0 Å². The van der Waals surface area contributed by atoms with Crippen LogP contribution < -0.4 is 10.6 Å². The van der Waals surface area contributed by atoms with E-state index in [4.69, 9.17) is 0 Å². The van der Waals surface area contributed by atoms with E-state index in [9.17, 15) is 4.79 Å². The van der Waals surface area contributed by atoms with Gasteiger partial charge < -0.3 is 10.6 Å². The molecule has 0 radical (unpaired) electrons. The first-order chi connectivity index (χ1) is 8.65. The number of hydrogen-bond acceptors (Lipinski definition) is 2. The molecule has 1 aromatic carbocycles. The number of rotatable bonds is 3. The Morgan fingerprint density at radius 3 is 3.00 bits per heavy atom. The zero-order chi connectivity index (χ0) is 13.0. The first-order valence-corrected chi connectivity index (χ1v) is 7.20. The summed E-state index contributed by atoms with van der Waals surface area (Å²) in [5, 5.41) is 6.38. The Hall–Kier alpha value is -0.870. The predicted octanol–water partition coefficient (Wildman–Crippen LogP) is 2.49. The van der Waals surface area contributed by atoms with E-state index in [0.717, 1.165) is 35.2 Å². The van der Waals surface area contributed by atoms with Crippen LogP contribution in [0.5, 0.6) is 0 Å². The standard InChI is InChI=1S/C14H19BrN2O/c1-10-5-12(7-13(15)6-10)14(18)17-9-11-3-2-4-16-8-11/h5-7,11,16H,2-4,8-9H2,1H3,(H,17,18). The quantitative estimate of drug-likeness (QED) is 0.900. The summed E-state index contributed by atoms with van der Waals surface area (Å²) in [6.07, 6.45) is 2.40. The molecule has 18 heavy (non-hydrogen) atoms. The molecule has 1 unspecified atom stereocenters. The predicted molar refractivity (Wildman–Crippen MR) is 76.8 cm³/mol. The number of amides is 1. The monoisotopic (exact) mass is 310 g/mol. The minimum absolute atomic E-state index is 0.0185. The van der Waals surface area contributed by atoms with Gasteiger partial charge in [0.25, 0.3) is 5.91 Å². The van der Waals surface area contributed by atoms with E-state index in [1.54, 1.807) is 0 Å². The fourth-order valence-electron chi connectivity index (χ4n) is 2.30. The second kappa shape index (κ2) is 6.34. The Bertz CT molecular complexity index is 408. The summed E-state index contributed by atoms with van der Waals surface area (Å²) in [7, 11) is 0. The highest BCUT2D eigenvalue weighted by molar-refractivity contribution is 9.10. The lowest BCUT2D eigenvalue weighted by Gasteiger charge is -2.22. The third kappa shape index (κ3) is 3.82. The van der Waals surface area contributed by atoms with Crippen molar-refractivity contribution in [2.45, 2.75) is 19.8 Å². The van der Waals surface area contributed by atoms with Crippen molar-refractivity contribution < 1.29 is 4.79 Å². The SMILES string of the molecule is Cc1cc(Br)cc(C(=O)NCC2CCCNC2)c1. The third-order valence-electron chi connectivity index (χ3n) is 3.25. The number of nitrogens with one attached hydrogen (secondary N) is 2. The van der Waals surface area contributed by atoms with Gasteiger partial charge in [-0.3, -0.25) is 4.79 Å². The Morgan fingerprint density at radius 2 is 2.33 bits per heavy atom. The minimum Gasteiger partial charge on any atom is -0.352 e. The zero-order valence-corrected chi connectivity index (χ0v) is 12.2. The summed E-state index contributed by atoms with van der Waals surface area (Å²) in [5.41, 5.74) is 1.82. The van der Waals surface area contributed by atoms with Gasteiger partial charge in [0.15, 0.2) is 0 Å². The normalized spacial score (nSPS) is 19.6. The zero-order valence-electron chi connectivity index (χ0n) is 10.6. The molecule has 1 atom stereocenters. The molecule has 1 fully saturated rings. The molecule has 0 aromatic heterocycles. The van der Waals surface area contributed by atoms with Crippen LogP contribution in [0.1, 0.15) is 28.8 Å². The fourth-order valence-corrected chi connectivity index (χ4v) is 2.91. The molecule has 0 bridgehead atoms. The van der Waals surface area contributed by atoms with Crippen LogP contribution in [0.3, 0.4) is 0 Å². The molecule has 0 aliphatic carbocycles. The lowest BCUT2D eigenvalue weighted by atomic mass is 9.99. The molecular formula is C14H19BrN2O. The molecule has 4 heteroatoms. The Morgan fingerprint density at radius 1 is 1.50 bits per heavy atom. The van der Waals surface area contributed by atoms with Gasteiger partial charge in [0.2, 0.25) is 0 Å². The Kier molecular flexibility index (Phi) is 4.78. The van der Waals surface area contributed by atoms with Crippen molar-refractivity contribution in [2.75, 3.05) is 19.6 Å². The summed E-state index contributed by atoms with van der Waals surface area (Å²) in [4.78, 5) is 12.0. The summed E-state index contributed by atoms with van der Waals surface area (Å²) in [6, 6.07) is 5.78. The van der Waals surface area contributed by atoms with E-state index in [0.29, 0.717) is 5.92 Å². The number of piperidine rings is 1. The number of hydrogen-bond donors (Lipinski definition) is 2. The van der Waals surface area contributed by atoms with Gasteiger partial charge >= 0.3 is 0 Å². The summed E-state index contributed by atoms with van der Waals surface area (Å²) in [5.74, 6) is 0.584. The largest absolute Gasteiger partial charge is 0.352 e. The molecule has 1 saturated heterocycles. The van der Waals surface area contributed by atoms with E-state index in [1.807, 2.05) is 25.1 Å². The van der Waals surface area contributed by atoms with Gasteiger partial charge in [0, 0.05) is 16.6 Å². The van der Waals surface area contributed by atoms with Crippen molar-refractivity contribution in [3.05, 3.63) is 33.8 Å². The molecule has 2 rings (SSSR count). The number of carbonyl (C=O) groups excluding carboxylic acids is 1. The van der Waals surface area contributed by atoms with Gasteiger partial charge in [-0.1, -0.05) is 15.9 Å². The van der Waals surface area contributed by atoms with Crippen molar-refractivity contribution in [3.8, 4) is 0 Å². The van der Waals surface area contributed by atoms with Crippen LogP contribution in [0.2, 0.25) is 0 Å². The molecule has 2 N–H and O–H groups in total. The van der Waals surface area contributed by atoms with E-state index >= 15 is 0 Å². The van der Waals surface area contributed by atoms with Gasteiger partial charge in [-0.15, -0.1) is 0 Å². The van der Waals surface area contributed by atoms with Gasteiger partial charge in [0.1, 0.15) is 0 Å². The highest BCUT2D eigenvalue weighted by Gasteiger charge is 2.14. The van der Waals surface area contributed by atoms with E-state index in [1.165, 1.54) is 12.8 Å². The van der Waals surface area contributed by atoms with Crippen molar-refractivity contribution in [2.24, 2.45) is 5.92 Å². The first-order valence-electron chi connectivity index (χ1n) is 6.41. The molecule has 1 amide bonds. The first kappa shape index (κ1) is 13.6. The van der Waals surface area contributed by atoms with E-state index in [2.05, 4.69) is 26.6 Å². The van der Waals surface area contributed by atoms with Crippen LogP contribution >= 0.6 is 15.9 Å². The maximum atomic E-state index is 12.0. The van der Waals surface area contributed by atoms with Gasteiger partial charge in [-0.05, 0) is 62.5 Å². The number of aryl methyl sites for hydroxylation is 1.